The molecule has 0 saturated carbocycles. The lowest BCUT2D eigenvalue weighted by Gasteiger charge is -2.05. The Bertz CT molecular complexity index is 489. The van der Waals surface area contributed by atoms with E-state index in [1.165, 1.54) is 12.1 Å². The van der Waals surface area contributed by atoms with E-state index < -0.39 is 0 Å². The Morgan fingerprint density at radius 3 is 3.06 bits per heavy atom. The number of halogens is 1. The maximum Gasteiger partial charge on any atom is 0.190 e. The quantitative estimate of drug-likeness (QED) is 0.604. The summed E-state index contributed by atoms with van der Waals surface area (Å²) in [4.78, 5) is 0. The SMILES string of the molecule is Cn1cnnc1SCCOc1cccc(F)c1. The van der Waals surface area contributed by atoms with Crippen molar-refractivity contribution in [3.63, 3.8) is 0 Å². The molecule has 0 fully saturated rings. The van der Waals surface area contributed by atoms with E-state index in [2.05, 4.69) is 10.2 Å². The number of hydrogen-bond acceptors (Lipinski definition) is 4. The molecule has 0 spiro atoms. The van der Waals surface area contributed by atoms with Crippen LogP contribution < -0.4 is 4.74 Å². The molecule has 0 N–H and O–H groups in total. The molecule has 1 aromatic carbocycles. The molecule has 4 nitrogen and oxygen atoms in total. The standard InChI is InChI=1S/C11H12FN3OS/c1-15-8-13-14-11(15)17-6-5-16-10-4-2-3-9(12)7-10/h2-4,7-8H,5-6H2,1H3. The molecule has 0 atom stereocenters. The van der Waals surface area contributed by atoms with Crippen LogP contribution >= 0.6 is 11.8 Å². The predicted molar refractivity (Wildman–Crippen MR) is 63.6 cm³/mol. The van der Waals surface area contributed by atoms with Gasteiger partial charge in [-0.3, -0.25) is 0 Å². The van der Waals surface area contributed by atoms with E-state index in [4.69, 9.17) is 4.74 Å². The Morgan fingerprint density at radius 2 is 2.35 bits per heavy atom. The van der Waals surface area contributed by atoms with Crippen molar-refractivity contribution in [1.82, 2.24) is 14.8 Å². The molecule has 6 heteroatoms. The third-order valence-corrected chi connectivity index (χ3v) is 3.05. The van der Waals surface area contributed by atoms with Gasteiger partial charge in [-0.1, -0.05) is 17.8 Å². The average molecular weight is 253 g/mol. The summed E-state index contributed by atoms with van der Waals surface area (Å²) in [5.74, 6) is 0.996. The van der Waals surface area contributed by atoms with Crippen LogP contribution in [0.1, 0.15) is 0 Å². The van der Waals surface area contributed by atoms with Gasteiger partial charge in [0, 0.05) is 18.9 Å². The van der Waals surface area contributed by atoms with E-state index in [9.17, 15) is 4.39 Å². The highest BCUT2D eigenvalue weighted by atomic mass is 32.2. The highest BCUT2D eigenvalue weighted by molar-refractivity contribution is 7.99. The number of hydrogen-bond donors (Lipinski definition) is 0. The Kier molecular flexibility index (Phi) is 3.98. The number of thioether (sulfide) groups is 1. The normalized spacial score (nSPS) is 10.5. The van der Waals surface area contributed by atoms with Gasteiger partial charge < -0.3 is 9.30 Å². The predicted octanol–water partition coefficient (Wildman–Crippen LogP) is 2.13. The van der Waals surface area contributed by atoms with Gasteiger partial charge in [-0.15, -0.1) is 10.2 Å². The molecule has 0 saturated heterocycles. The van der Waals surface area contributed by atoms with E-state index in [0.717, 1.165) is 10.9 Å². The maximum absolute atomic E-state index is 12.8. The molecule has 0 radical (unpaired) electrons. The van der Waals surface area contributed by atoms with Crippen LogP contribution in [0.4, 0.5) is 4.39 Å². The maximum atomic E-state index is 12.8. The smallest absolute Gasteiger partial charge is 0.190 e. The highest BCUT2D eigenvalue weighted by Crippen LogP contribution is 2.15. The number of ether oxygens (including phenoxy) is 1. The van der Waals surface area contributed by atoms with E-state index >= 15 is 0 Å². The van der Waals surface area contributed by atoms with Gasteiger partial charge in [-0.25, -0.2) is 4.39 Å². The van der Waals surface area contributed by atoms with Crippen molar-refractivity contribution in [3.05, 3.63) is 36.4 Å². The van der Waals surface area contributed by atoms with E-state index in [0.29, 0.717) is 12.4 Å². The first kappa shape index (κ1) is 11.9. The molecule has 17 heavy (non-hydrogen) atoms. The van der Waals surface area contributed by atoms with Crippen LogP contribution in [0.25, 0.3) is 0 Å². The molecule has 2 aromatic rings. The Morgan fingerprint density at radius 1 is 1.47 bits per heavy atom. The summed E-state index contributed by atoms with van der Waals surface area (Å²) in [5, 5.41) is 8.55. The monoisotopic (exact) mass is 253 g/mol. The number of rotatable bonds is 5. The number of aromatic nitrogens is 3. The van der Waals surface area contributed by atoms with Gasteiger partial charge in [-0.05, 0) is 12.1 Å². The van der Waals surface area contributed by atoms with Crippen molar-refractivity contribution < 1.29 is 9.13 Å². The number of nitrogens with zero attached hydrogens (tertiary/aromatic N) is 3. The molecule has 0 amide bonds. The molecule has 0 aliphatic carbocycles. The van der Waals surface area contributed by atoms with Crippen LogP contribution in [0.2, 0.25) is 0 Å². The summed E-state index contributed by atoms with van der Waals surface area (Å²) < 4.78 is 20.1. The van der Waals surface area contributed by atoms with E-state index in [1.54, 1.807) is 30.2 Å². The van der Waals surface area contributed by atoms with E-state index in [1.807, 2.05) is 11.6 Å². The minimum Gasteiger partial charge on any atom is -0.493 e. The molecular formula is C11H12FN3OS. The molecule has 2 rings (SSSR count). The van der Waals surface area contributed by atoms with Crippen LogP contribution in [-0.2, 0) is 7.05 Å². The van der Waals surface area contributed by atoms with Crippen molar-refractivity contribution in [3.8, 4) is 5.75 Å². The molecule has 1 heterocycles. The summed E-state index contributed by atoms with van der Waals surface area (Å²) >= 11 is 1.55. The van der Waals surface area contributed by atoms with Crippen LogP contribution in [-0.4, -0.2) is 27.1 Å². The largest absolute Gasteiger partial charge is 0.493 e. The lowest BCUT2D eigenvalue weighted by Crippen LogP contribution is -2.01. The molecule has 0 aliphatic rings. The Hall–Kier alpha value is -1.56. The van der Waals surface area contributed by atoms with Gasteiger partial charge in [0.05, 0.1) is 6.61 Å². The van der Waals surface area contributed by atoms with Crippen molar-refractivity contribution >= 4 is 11.8 Å². The van der Waals surface area contributed by atoms with Crippen LogP contribution in [0, 0.1) is 5.82 Å². The average Bonchev–Trinajstić information content (AvgIpc) is 2.71. The van der Waals surface area contributed by atoms with Gasteiger partial charge in [-0.2, -0.15) is 0 Å². The van der Waals surface area contributed by atoms with Crippen LogP contribution in [0.3, 0.4) is 0 Å². The summed E-state index contributed by atoms with van der Waals surface area (Å²) in [7, 11) is 1.88. The van der Waals surface area contributed by atoms with Crippen molar-refractivity contribution in [2.45, 2.75) is 5.16 Å². The van der Waals surface area contributed by atoms with Gasteiger partial charge in [0.25, 0.3) is 0 Å². The minimum atomic E-state index is -0.288. The topological polar surface area (TPSA) is 39.9 Å². The second-order valence-electron chi connectivity index (χ2n) is 3.38. The molecule has 1 aromatic heterocycles. The lowest BCUT2D eigenvalue weighted by atomic mass is 10.3. The lowest BCUT2D eigenvalue weighted by molar-refractivity contribution is 0.342. The summed E-state index contributed by atoms with van der Waals surface area (Å²) in [6.45, 7) is 0.501. The van der Waals surface area contributed by atoms with Gasteiger partial charge in [0.2, 0.25) is 0 Å². The van der Waals surface area contributed by atoms with Crippen LogP contribution in [0.5, 0.6) is 5.75 Å². The minimum absolute atomic E-state index is 0.288. The molecule has 0 unspecified atom stereocenters. The second kappa shape index (κ2) is 5.67. The third kappa shape index (κ3) is 3.45. The first-order valence-electron chi connectivity index (χ1n) is 5.11. The Labute approximate surface area is 103 Å². The zero-order valence-corrected chi connectivity index (χ0v) is 10.2. The molecule has 0 aliphatic heterocycles. The third-order valence-electron chi connectivity index (χ3n) is 2.05. The molecular weight excluding hydrogens is 241 g/mol. The zero-order chi connectivity index (χ0) is 12.1. The molecule has 0 bridgehead atoms. The first-order valence-corrected chi connectivity index (χ1v) is 6.09. The van der Waals surface area contributed by atoms with Gasteiger partial charge in [0.15, 0.2) is 5.16 Å². The van der Waals surface area contributed by atoms with Crippen LogP contribution in [0.15, 0.2) is 35.7 Å². The van der Waals surface area contributed by atoms with E-state index in [-0.39, 0.29) is 5.82 Å². The fourth-order valence-corrected chi connectivity index (χ4v) is 1.96. The molecule has 90 valence electrons. The fourth-order valence-electron chi connectivity index (χ4n) is 1.25. The summed E-state index contributed by atoms with van der Waals surface area (Å²) in [6, 6.07) is 6.12. The second-order valence-corrected chi connectivity index (χ2v) is 4.44. The zero-order valence-electron chi connectivity index (χ0n) is 9.34. The van der Waals surface area contributed by atoms with Crippen molar-refractivity contribution in [2.24, 2.45) is 7.05 Å². The van der Waals surface area contributed by atoms with Crippen molar-refractivity contribution in [1.29, 1.82) is 0 Å². The Balaban J connectivity index is 1.75. The first-order chi connectivity index (χ1) is 8.25. The number of benzene rings is 1. The summed E-state index contributed by atoms with van der Waals surface area (Å²) in [6.07, 6.45) is 1.65. The highest BCUT2D eigenvalue weighted by Gasteiger charge is 2.01. The van der Waals surface area contributed by atoms with Gasteiger partial charge >= 0.3 is 0 Å². The van der Waals surface area contributed by atoms with Gasteiger partial charge in [0.1, 0.15) is 17.9 Å². The van der Waals surface area contributed by atoms with Crippen molar-refractivity contribution in [2.75, 3.05) is 12.4 Å². The number of aryl methyl sites for hydroxylation is 1. The fraction of sp³-hybridized carbons (Fsp3) is 0.273. The summed E-state index contributed by atoms with van der Waals surface area (Å²) in [5.41, 5.74) is 0.